The first kappa shape index (κ1) is 24.6. The standard InChI is InChI=1S/C20H18ClN3O7S2/c1-3-30-31-20(25)16-10-11-17(19-15(16)8-5-9-18(19)24-32(2,26)27)23-22-13-6-4-7-14(12-13)33(21,28)29/h4-12,24H,3H2,1-2H3. The Morgan fingerprint density at radius 3 is 2.42 bits per heavy atom. The summed E-state index contributed by atoms with van der Waals surface area (Å²) >= 11 is 0. The van der Waals surface area contributed by atoms with Gasteiger partial charge in [0.15, 0.2) is 0 Å². The molecule has 0 aliphatic carbocycles. The molecular weight excluding hydrogens is 494 g/mol. The van der Waals surface area contributed by atoms with Crippen LogP contribution in [-0.2, 0) is 28.8 Å². The minimum atomic E-state index is -3.96. The molecule has 33 heavy (non-hydrogen) atoms. The second-order valence-electron chi connectivity index (χ2n) is 6.65. The van der Waals surface area contributed by atoms with Crippen LogP contribution in [0.5, 0.6) is 0 Å². The van der Waals surface area contributed by atoms with Gasteiger partial charge < -0.3 is 0 Å². The highest BCUT2D eigenvalue weighted by atomic mass is 35.7. The first-order valence-electron chi connectivity index (χ1n) is 9.33. The molecule has 10 nitrogen and oxygen atoms in total. The van der Waals surface area contributed by atoms with Crippen LogP contribution in [0, 0.1) is 0 Å². The number of nitrogens with zero attached hydrogens (tertiary/aromatic N) is 2. The third-order valence-corrected chi connectivity index (χ3v) is 6.10. The molecule has 3 aromatic rings. The Bertz CT molecular complexity index is 1460. The predicted octanol–water partition coefficient (Wildman–Crippen LogP) is 4.66. The lowest BCUT2D eigenvalue weighted by molar-refractivity contribution is -0.236. The molecule has 0 heterocycles. The van der Waals surface area contributed by atoms with Gasteiger partial charge in [-0.05, 0) is 43.3 Å². The van der Waals surface area contributed by atoms with Gasteiger partial charge in [-0.25, -0.2) is 21.6 Å². The number of azo groups is 1. The Labute approximate surface area is 194 Å². The van der Waals surface area contributed by atoms with Crippen LogP contribution in [0.3, 0.4) is 0 Å². The lowest BCUT2D eigenvalue weighted by Gasteiger charge is -2.12. The Kier molecular flexibility index (Phi) is 7.32. The fourth-order valence-electron chi connectivity index (χ4n) is 2.90. The molecule has 13 heteroatoms. The highest BCUT2D eigenvalue weighted by molar-refractivity contribution is 8.13. The van der Waals surface area contributed by atoms with Gasteiger partial charge in [0.2, 0.25) is 10.0 Å². The fourth-order valence-corrected chi connectivity index (χ4v) is 4.26. The van der Waals surface area contributed by atoms with E-state index in [1.807, 2.05) is 0 Å². The molecule has 3 rings (SSSR count). The molecule has 0 amide bonds. The molecule has 0 saturated carbocycles. The first-order chi connectivity index (χ1) is 15.5. The Morgan fingerprint density at radius 1 is 1.03 bits per heavy atom. The van der Waals surface area contributed by atoms with Crippen LogP contribution in [0.25, 0.3) is 10.8 Å². The number of anilines is 1. The van der Waals surface area contributed by atoms with Gasteiger partial charge in [0.25, 0.3) is 9.05 Å². The van der Waals surface area contributed by atoms with Crippen LogP contribution in [0.2, 0.25) is 0 Å². The van der Waals surface area contributed by atoms with Gasteiger partial charge in [-0.15, -0.1) is 5.11 Å². The predicted molar refractivity (Wildman–Crippen MR) is 123 cm³/mol. The lowest BCUT2D eigenvalue weighted by Crippen LogP contribution is -2.11. The molecule has 3 aromatic carbocycles. The summed E-state index contributed by atoms with van der Waals surface area (Å²) in [7, 11) is -2.26. The third kappa shape index (κ3) is 6.26. The summed E-state index contributed by atoms with van der Waals surface area (Å²) in [5, 5.41) is 8.81. The molecule has 0 bridgehead atoms. The topological polar surface area (TPSA) is 141 Å². The van der Waals surface area contributed by atoms with Crippen molar-refractivity contribution in [3.05, 3.63) is 60.2 Å². The van der Waals surface area contributed by atoms with Gasteiger partial charge in [-0.1, -0.05) is 18.2 Å². The number of carbonyl (C=O) groups excluding carboxylic acids is 1. The first-order valence-corrected chi connectivity index (χ1v) is 13.5. The fraction of sp³-hybridized carbons (Fsp3) is 0.150. The van der Waals surface area contributed by atoms with Crippen molar-refractivity contribution in [3.63, 3.8) is 0 Å². The molecule has 0 aromatic heterocycles. The van der Waals surface area contributed by atoms with Crippen molar-refractivity contribution in [2.24, 2.45) is 10.2 Å². The minimum Gasteiger partial charge on any atom is -0.293 e. The molecule has 0 fully saturated rings. The molecule has 1 N–H and O–H groups in total. The number of sulfonamides is 1. The number of hydrogen-bond acceptors (Lipinski definition) is 9. The number of carbonyl (C=O) groups is 1. The van der Waals surface area contributed by atoms with E-state index in [1.165, 1.54) is 42.5 Å². The van der Waals surface area contributed by atoms with Crippen LogP contribution < -0.4 is 4.72 Å². The van der Waals surface area contributed by atoms with Crippen LogP contribution in [0.15, 0.2) is 69.7 Å². The second-order valence-corrected chi connectivity index (χ2v) is 11.0. The second kappa shape index (κ2) is 9.83. The van der Waals surface area contributed by atoms with E-state index in [-0.39, 0.29) is 39.5 Å². The van der Waals surface area contributed by atoms with Crippen molar-refractivity contribution in [1.29, 1.82) is 0 Å². The summed E-state index contributed by atoms with van der Waals surface area (Å²) in [6.45, 7) is 1.79. The number of nitrogens with one attached hydrogen (secondary N) is 1. The maximum Gasteiger partial charge on any atom is 0.373 e. The SMILES string of the molecule is CCOOC(=O)c1ccc(N=Nc2cccc(S(=O)(=O)Cl)c2)c2c(NS(C)(=O)=O)cccc12. The van der Waals surface area contributed by atoms with Gasteiger partial charge in [-0.2, -0.15) is 10.0 Å². The monoisotopic (exact) mass is 511 g/mol. The van der Waals surface area contributed by atoms with E-state index in [9.17, 15) is 21.6 Å². The molecule has 0 aliphatic heterocycles. The maximum atomic E-state index is 12.4. The van der Waals surface area contributed by atoms with Crippen molar-refractivity contribution in [1.82, 2.24) is 0 Å². The van der Waals surface area contributed by atoms with Crippen LogP contribution in [0.4, 0.5) is 17.1 Å². The van der Waals surface area contributed by atoms with Crippen LogP contribution >= 0.6 is 10.7 Å². The van der Waals surface area contributed by atoms with E-state index in [0.29, 0.717) is 5.39 Å². The van der Waals surface area contributed by atoms with Gasteiger partial charge in [0.1, 0.15) is 0 Å². The number of benzene rings is 3. The van der Waals surface area contributed by atoms with Crippen LogP contribution in [0.1, 0.15) is 17.3 Å². The zero-order chi connectivity index (χ0) is 24.2. The quantitative estimate of drug-likeness (QED) is 0.200. The van der Waals surface area contributed by atoms with E-state index in [1.54, 1.807) is 19.1 Å². The zero-order valence-electron chi connectivity index (χ0n) is 17.3. The van der Waals surface area contributed by atoms with Crippen LogP contribution in [-0.4, -0.2) is 35.7 Å². The third-order valence-electron chi connectivity index (χ3n) is 4.16. The largest absolute Gasteiger partial charge is 0.373 e. The van der Waals surface area contributed by atoms with E-state index < -0.39 is 25.0 Å². The molecule has 174 valence electrons. The summed E-state index contributed by atoms with van der Waals surface area (Å²) in [6, 6.07) is 13.0. The highest BCUT2D eigenvalue weighted by Crippen LogP contribution is 2.36. The smallest absolute Gasteiger partial charge is 0.293 e. The molecule has 0 unspecified atom stereocenters. The summed E-state index contributed by atoms with van der Waals surface area (Å²) in [5.41, 5.74) is 0.680. The van der Waals surface area contributed by atoms with E-state index in [2.05, 4.69) is 15.0 Å². The minimum absolute atomic E-state index is 0.116. The average Bonchev–Trinajstić information content (AvgIpc) is 2.74. The zero-order valence-corrected chi connectivity index (χ0v) is 19.7. The number of rotatable bonds is 8. The molecule has 0 saturated heterocycles. The van der Waals surface area contributed by atoms with E-state index in [4.69, 9.17) is 20.5 Å². The number of halogens is 1. The molecular formula is C20H18ClN3O7S2. The Balaban J connectivity index is 2.17. The summed E-state index contributed by atoms with van der Waals surface area (Å²) in [4.78, 5) is 21.7. The summed E-state index contributed by atoms with van der Waals surface area (Å²) < 4.78 is 49.3. The molecule has 0 atom stereocenters. The number of fused-ring (bicyclic) bond motifs is 1. The molecule has 0 aliphatic rings. The van der Waals surface area contributed by atoms with E-state index >= 15 is 0 Å². The van der Waals surface area contributed by atoms with Gasteiger partial charge in [0.05, 0.1) is 40.4 Å². The van der Waals surface area contributed by atoms with Crippen molar-refractivity contribution >= 4 is 63.6 Å². The Morgan fingerprint density at radius 2 is 1.76 bits per heavy atom. The Hall–Kier alpha value is -3.06. The number of hydrogen-bond donors (Lipinski definition) is 1. The molecule has 0 radical (unpaired) electrons. The van der Waals surface area contributed by atoms with Crippen molar-refractivity contribution in [2.45, 2.75) is 11.8 Å². The summed E-state index contributed by atoms with van der Waals surface area (Å²) in [5.74, 6) is -0.776. The summed E-state index contributed by atoms with van der Waals surface area (Å²) in [6.07, 6.45) is 0.984. The van der Waals surface area contributed by atoms with Crippen molar-refractivity contribution in [2.75, 3.05) is 17.6 Å². The van der Waals surface area contributed by atoms with Gasteiger partial charge in [0, 0.05) is 21.5 Å². The van der Waals surface area contributed by atoms with Gasteiger partial charge in [-0.3, -0.25) is 9.61 Å². The van der Waals surface area contributed by atoms with Crippen molar-refractivity contribution < 1.29 is 31.4 Å². The van der Waals surface area contributed by atoms with E-state index in [0.717, 1.165) is 6.26 Å². The van der Waals surface area contributed by atoms with Gasteiger partial charge >= 0.3 is 5.97 Å². The molecule has 0 spiro atoms. The van der Waals surface area contributed by atoms with Crippen molar-refractivity contribution in [3.8, 4) is 0 Å². The lowest BCUT2D eigenvalue weighted by atomic mass is 10.0. The average molecular weight is 512 g/mol. The maximum absolute atomic E-state index is 12.4. The normalized spacial score (nSPS) is 12.2. The highest BCUT2D eigenvalue weighted by Gasteiger charge is 2.18.